The van der Waals surface area contributed by atoms with Crippen molar-refractivity contribution in [3.05, 3.63) is 72.2 Å². The van der Waals surface area contributed by atoms with Crippen LogP contribution in [0.5, 0.6) is 0 Å². The van der Waals surface area contributed by atoms with Gasteiger partial charge >= 0.3 is 5.76 Å². The van der Waals surface area contributed by atoms with Crippen molar-refractivity contribution in [2.75, 3.05) is 5.32 Å². The zero-order valence-electron chi connectivity index (χ0n) is 13.5. The van der Waals surface area contributed by atoms with Crippen molar-refractivity contribution in [2.24, 2.45) is 0 Å². The molecule has 0 saturated carbocycles. The highest BCUT2D eigenvalue weighted by Gasteiger charge is 2.29. The lowest BCUT2D eigenvalue weighted by Gasteiger charge is -2.10. The van der Waals surface area contributed by atoms with E-state index in [9.17, 15) is 26.4 Å². The average molecular weight is 395 g/mol. The minimum Gasteiger partial charge on any atom is -0.451 e. The second-order valence-corrected chi connectivity index (χ2v) is 7.29. The number of hydrogen-bond acceptors (Lipinski definition) is 4. The summed E-state index contributed by atoms with van der Waals surface area (Å²) in [5.74, 6) is -5.20. The SMILES string of the molecule is O=C(Nc1ccccc1S(=O)(=O)C(F)F)c1ccc(-c2ccccc2F)o1. The van der Waals surface area contributed by atoms with Crippen LogP contribution in [-0.4, -0.2) is 20.1 Å². The lowest BCUT2D eigenvalue weighted by molar-refractivity contribution is 0.0997. The van der Waals surface area contributed by atoms with E-state index in [0.29, 0.717) is 0 Å². The van der Waals surface area contributed by atoms with Gasteiger partial charge in [0.2, 0.25) is 9.84 Å². The van der Waals surface area contributed by atoms with Crippen LogP contribution in [0.3, 0.4) is 0 Å². The molecule has 140 valence electrons. The van der Waals surface area contributed by atoms with Crippen LogP contribution in [0.15, 0.2) is 70.0 Å². The Morgan fingerprint density at radius 1 is 0.963 bits per heavy atom. The second-order valence-electron chi connectivity index (χ2n) is 5.40. The van der Waals surface area contributed by atoms with Crippen molar-refractivity contribution in [2.45, 2.75) is 10.7 Å². The molecule has 0 aliphatic carbocycles. The molecular formula is C18H12F3NO4S. The fraction of sp³-hybridized carbons (Fsp3) is 0.0556. The van der Waals surface area contributed by atoms with Crippen molar-refractivity contribution in [3.8, 4) is 11.3 Å². The molecule has 0 aliphatic rings. The van der Waals surface area contributed by atoms with Gasteiger partial charge in [0, 0.05) is 0 Å². The highest BCUT2D eigenvalue weighted by Crippen LogP contribution is 2.28. The van der Waals surface area contributed by atoms with E-state index in [4.69, 9.17) is 4.42 Å². The summed E-state index contributed by atoms with van der Waals surface area (Å²) < 4.78 is 68.2. The Bertz CT molecular complexity index is 1090. The normalized spacial score (nSPS) is 11.6. The largest absolute Gasteiger partial charge is 0.451 e. The van der Waals surface area contributed by atoms with Crippen LogP contribution in [0.4, 0.5) is 18.9 Å². The number of nitrogens with one attached hydrogen (secondary N) is 1. The van der Waals surface area contributed by atoms with Crippen molar-refractivity contribution >= 4 is 21.4 Å². The monoisotopic (exact) mass is 395 g/mol. The minimum absolute atomic E-state index is 0.0896. The summed E-state index contributed by atoms with van der Waals surface area (Å²) in [4.78, 5) is 11.6. The van der Waals surface area contributed by atoms with Gasteiger partial charge in [-0.2, -0.15) is 8.78 Å². The molecule has 3 aromatic rings. The third kappa shape index (κ3) is 3.72. The second kappa shape index (κ2) is 7.28. The van der Waals surface area contributed by atoms with Crippen LogP contribution in [0.1, 0.15) is 10.6 Å². The molecule has 1 N–H and O–H groups in total. The summed E-state index contributed by atoms with van der Waals surface area (Å²) in [6, 6.07) is 13.2. The zero-order chi connectivity index (χ0) is 19.6. The first-order chi connectivity index (χ1) is 12.8. The molecule has 1 aromatic heterocycles. The molecule has 0 radical (unpaired) electrons. The average Bonchev–Trinajstić information content (AvgIpc) is 3.12. The van der Waals surface area contributed by atoms with Gasteiger partial charge in [0.15, 0.2) is 5.76 Å². The van der Waals surface area contributed by atoms with E-state index in [1.165, 1.54) is 48.5 Å². The molecule has 1 heterocycles. The van der Waals surface area contributed by atoms with Gasteiger partial charge in [-0.1, -0.05) is 24.3 Å². The molecule has 0 fully saturated rings. The Hall–Kier alpha value is -3.07. The highest BCUT2D eigenvalue weighted by molar-refractivity contribution is 7.91. The summed E-state index contributed by atoms with van der Waals surface area (Å²) in [6.45, 7) is 0. The van der Waals surface area contributed by atoms with Gasteiger partial charge in [-0.05, 0) is 36.4 Å². The zero-order valence-corrected chi connectivity index (χ0v) is 14.3. The third-order valence-corrected chi connectivity index (χ3v) is 5.08. The number of sulfone groups is 1. The number of anilines is 1. The maximum Gasteiger partial charge on any atom is 0.341 e. The van der Waals surface area contributed by atoms with E-state index in [2.05, 4.69) is 5.32 Å². The summed E-state index contributed by atoms with van der Waals surface area (Å²) in [5.41, 5.74) is -0.177. The number of hydrogen-bond donors (Lipinski definition) is 1. The van der Waals surface area contributed by atoms with Crippen LogP contribution in [0.2, 0.25) is 0 Å². The Balaban J connectivity index is 1.89. The van der Waals surface area contributed by atoms with E-state index < -0.39 is 32.2 Å². The Morgan fingerprint density at radius 2 is 1.63 bits per heavy atom. The van der Waals surface area contributed by atoms with Crippen LogP contribution in [0, 0.1) is 5.82 Å². The van der Waals surface area contributed by atoms with E-state index in [-0.39, 0.29) is 22.8 Å². The number of halogens is 3. The van der Waals surface area contributed by atoms with Crippen molar-refractivity contribution in [3.63, 3.8) is 0 Å². The van der Waals surface area contributed by atoms with E-state index in [1.807, 2.05) is 0 Å². The molecule has 0 unspecified atom stereocenters. The number of benzene rings is 2. The highest BCUT2D eigenvalue weighted by atomic mass is 32.2. The fourth-order valence-electron chi connectivity index (χ4n) is 2.36. The van der Waals surface area contributed by atoms with Gasteiger partial charge in [-0.15, -0.1) is 0 Å². The first-order valence-electron chi connectivity index (χ1n) is 7.58. The van der Waals surface area contributed by atoms with Gasteiger partial charge < -0.3 is 9.73 Å². The molecule has 27 heavy (non-hydrogen) atoms. The minimum atomic E-state index is -4.91. The van der Waals surface area contributed by atoms with Crippen molar-refractivity contribution in [1.82, 2.24) is 0 Å². The molecule has 5 nitrogen and oxygen atoms in total. The summed E-state index contributed by atoms with van der Waals surface area (Å²) >= 11 is 0. The molecule has 3 rings (SSSR count). The number of carbonyl (C=O) groups excluding carboxylic acids is 1. The molecular weight excluding hydrogens is 383 g/mol. The first-order valence-corrected chi connectivity index (χ1v) is 9.12. The molecule has 0 aliphatic heterocycles. The summed E-state index contributed by atoms with van der Waals surface area (Å²) in [6.07, 6.45) is 0. The lowest BCUT2D eigenvalue weighted by Crippen LogP contribution is -2.17. The van der Waals surface area contributed by atoms with Crippen LogP contribution in [0.25, 0.3) is 11.3 Å². The quantitative estimate of drug-likeness (QED) is 0.698. The number of amides is 1. The number of rotatable bonds is 5. The molecule has 0 atom stereocenters. The fourth-order valence-corrected chi connectivity index (χ4v) is 3.25. The number of carbonyl (C=O) groups is 1. The van der Waals surface area contributed by atoms with E-state index in [0.717, 1.165) is 6.07 Å². The van der Waals surface area contributed by atoms with Crippen LogP contribution in [-0.2, 0) is 9.84 Å². The number of alkyl halides is 2. The molecule has 0 bridgehead atoms. The van der Waals surface area contributed by atoms with Gasteiger partial charge in [0.05, 0.1) is 16.1 Å². The van der Waals surface area contributed by atoms with Crippen molar-refractivity contribution in [1.29, 1.82) is 0 Å². The maximum atomic E-state index is 13.8. The number of para-hydroxylation sites is 1. The van der Waals surface area contributed by atoms with Crippen molar-refractivity contribution < 1.29 is 30.8 Å². The standard InChI is InChI=1S/C18H12F3NO4S/c19-12-6-2-1-5-11(12)14-9-10-15(26-14)17(23)22-13-7-3-4-8-16(13)27(24,25)18(20)21/h1-10,18H,(H,22,23). The van der Waals surface area contributed by atoms with E-state index >= 15 is 0 Å². The van der Waals surface area contributed by atoms with Gasteiger partial charge in [0.25, 0.3) is 5.91 Å². The molecule has 0 spiro atoms. The molecule has 1 amide bonds. The number of furan rings is 1. The Labute approximate surface area is 152 Å². The van der Waals surface area contributed by atoms with Crippen LogP contribution >= 0.6 is 0 Å². The first kappa shape index (κ1) is 18.7. The topological polar surface area (TPSA) is 76.4 Å². The maximum absolute atomic E-state index is 13.8. The predicted octanol–water partition coefficient (Wildman–Crippen LogP) is 4.33. The van der Waals surface area contributed by atoms with E-state index in [1.54, 1.807) is 6.07 Å². The van der Waals surface area contributed by atoms with Gasteiger partial charge in [0.1, 0.15) is 11.6 Å². The van der Waals surface area contributed by atoms with Gasteiger partial charge in [-0.3, -0.25) is 4.79 Å². The molecule has 0 saturated heterocycles. The smallest absolute Gasteiger partial charge is 0.341 e. The van der Waals surface area contributed by atoms with Crippen LogP contribution < -0.4 is 5.32 Å². The lowest BCUT2D eigenvalue weighted by atomic mass is 10.1. The third-order valence-electron chi connectivity index (χ3n) is 3.65. The molecule has 9 heteroatoms. The molecule has 2 aromatic carbocycles. The predicted molar refractivity (Wildman–Crippen MR) is 91.7 cm³/mol. The summed E-state index contributed by atoms with van der Waals surface area (Å²) in [7, 11) is -4.91. The Morgan fingerprint density at radius 3 is 2.33 bits per heavy atom. The van der Waals surface area contributed by atoms with Gasteiger partial charge in [-0.25, -0.2) is 12.8 Å². The Kier molecular flexibility index (Phi) is 5.04. The summed E-state index contributed by atoms with van der Waals surface area (Å²) in [5, 5.41) is 2.23.